The number of piperidine rings is 1. The van der Waals surface area contributed by atoms with Gasteiger partial charge < -0.3 is 4.90 Å². The van der Waals surface area contributed by atoms with Gasteiger partial charge in [-0.15, -0.1) is 0 Å². The zero-order valence-electron chi connectivity index (χ0n) is 14.5. The molecule has 3 amide bonds. The first-order valence-electron chi connectivity index (χ1n) is 8.59. The fourth-order valence-corrected chi connectivity index (χ4v) is 3.17. The lowest BCUT2D eigenvalue weighted by Crippen LogP contribution is -2.48. The highest BCUT2D eigenvalue weighted by Crippen LogP contribution is 2.20. The summed E-state index contributed by atoms with van der Waals surface area (Å²) >= 11 is 3.35. The number of aromatic nitrogens is 1. The number of hydrogen-bond acceptors (Lipinski definition) is 4. The predicted molar refractivity (Wildman–Crippen MR) is 103 cm³/mol. The maximum absolute atomic E-state index is 12.5. The van der Waals surface area contributed by atoms with Crippen molar-refractivity contribution in [2.45, 2.75) is 12.8 Å². The Kier molecular flexibility index (Phi) is 6.18. The second kappa shape index (κ2) is 8.77. The van der Waals surface area contributed by atoms with Crippen LogP contribution in [0.2, 0.25) is 0 Å². The van der Waals surface area contributed by atoms with E-state index in [1.807, 2.05) is 12.1 Å². The van der Waals surface area contributed by atoms with Gasteiger partial charge in [0.2, 0.25) is 5.91 Å². The molecule has 0 bridgehead atoms. The van der Waals surface area contributed by atoms with Crippen molar-refractivity contribution in [3.05, 3.63) is 64.4 Å². The number of benzene rings is 1. The summed E-state index contributed by atoms with van der Waals surface area (Å²) in [6.07, 6.45) is 4.10. The van der Waals surface area contributed by atoms with Crippen molar-refractivity contribution in [2.24, 2.45) is 5.92 Å². The monoisotopic (exact) mass is 430 g/mol. The first kappa shape index (κ1) is 19.0. The Bertz CT molecular complexity index is 819. The van der Waals surface area contributed by atoms with E-state index in [1.165, 1.54) is 6.20 Å². The molecule has 0 atom stereocenters. The van der Waals surface area contributed by atoms with Gasteiger partial charge in [0.05, 0.1) is 5.56 Å². The standard InChI is InChI=1S/C19H19BrN4O3/c20-16-5-3-14(4-6-16)19(27)24-10-7-13(8-11-24)17(25)22-23-18(26)15-2-1-9-21-12-15/h1-6,9,12-13H,7-8,10-11H2,(H,22,25)(H,23,26). The van der Waals surface area contributed by atoms with Crippen LogP contribution in [0.15, 0.2) is 53.3 Å². The van der Waals surface area contributed by atoms with Crippen molar-refractivity contribution in [1.82, 2.24) is 20.7 Å². The van der Waals surface area contributed by atoms with Gasteiger partial charge in [0.25, 0.3) is 11.8 Å². The predicted octanol–water partition coefficient (Wildman–Crippen LogP) is 2.16. The molecule has 140 valence electrons. The van der Waals surface area contributed by atoms with Gasteiger partial charge in [-0.05, 0) is 49.2 Å². The second-order valence-electron chi connectivity index (χ2n) is 6.26. The number of pyridine rings is 1. The Labute approximate surface area is 165 Å². The summed E-state index contributed by atoms with van der Waals surface area (Å²) < 4.78 is 0.919. The Morgan fingerprint density at radius 3 is 2.33 bits per heavy atom. The number of carbonyl (C=O) groups is 3. The molecule has 1 saturated heterocycles. The largest absolute Gasteiger partial charge is 0.339 e. The van der Waals surface area contributed by atoms with E-state index in [9.17, 15) is 14.4 Å². The van der Waals surface area contributed by atoms with Crippen LogP contribution in [0.1, 0.15) is 33.6 Å². The van der Waals surface area contributed by atoms with E-state index in [-0.39, 0.29) is 17.7 Å². The Balaban J connectivity index is 1.47. The molecule has 0 radical (unpaired) electrons. The van der Waals surface area contributed by atoms with Crippen molar-refractivity contribution >= 4 is 33.7 Å². The third-order valence-corrected chi connectivity index (χ3v) is 5.00. The molecule has 7 nitrogen and oxygen atoms in total. The van der Waals surface area contributed by atoms with E-state index in [0.717, 1.165) is 4.47 Å². The van der Waals surface area contributed by atoms with E-state index >= 15 is 0 Å². The minimum Gasteiger partial charge on any atom is -0.339 e. The summed E-state index contributed by atoms with van der Waals surface area (Å²) in [6.45, 7) is 1.01. The molecular weight excluding hydrogens is 412 g/mol. The van der Waals surface area contributed by atoms with E-state index < -0.39 is 5.91 Å². The number of amides is 3. The van der Waals surface area contributed by atoms with Crippen molar-refractivity contribution < 1.29 is 14.4 Å². The van der Waals surface area contributed by atoms with Crippen LogP contribution in [-0.2, 0) is 4.79 Å². The molecule has 0 spiro atoms. The second-order valence-corrected chi connectivity index (χ2v) is 7.17. The third kappa shape index (κ3) is 4.91. The minimum atomic E-state index is -0.417. The van der Waals surface area contributed by atoms with Gasteiger partial charge >= 0.3 is 0 Å². The van der Waals surface area contributed by atoms with Gasteiger partial charge in [-0.1, -0.05) is 15.9 Å². The number of hydrogen-bond donors (Lipinski definition) is 2. The topological polar surface area (TPSA) is 91.4 Å². The molecule has 1 fully saturated rings. The molecule has 3 rings (SSSR count). The molecule has 0 aliphatic carbocycles. The molecule has 0 saturated carbocycles. The van der Waals surface area contributed by atoms with Crippen LogP contribution in [0.4, 0.5) is 0 Å². The average molecular weight is 431 g/mol. The number of halogens is 1. The van der Waals surface area contributed by atoms with Crippen molar-refractivity contribution in [3.63, 3.8) is 0 Å². The molecular formula is C19H19BrN4O3. The lowest BCUT2D eigenvalue weighted by Gasteiger charge is -2.31. The SMILES string of the molecule is O=C(NNC(=O)C1CCN(C(=O)c2ccc(Br)cc2)CC1)c1cccnc1. The van der Waals surface area contributed by atoms with Gasteiger partial charge in [0, 0.05) is 41.4 Å². The normalized spacial score (nSPS) is 14.5. The molecule has 2 heterocycles. The summed E-state index contributed by atoms with van der Waals surface area (Å²) in [5.41, 5.74) is 5.85. The maximum Gasteiger partial charge on any atom is 0.271 e. The molecule has 2 N–H and O–H groups in total. The first-order chi connectivity index (χ1) is 13.0. The van der Waals surface area contributed by atoms with Crippen molar-refractivity contribution in [1.29, 1.82) is 0 Å². The van der Waals surface area contributed by atoms with Crippen molar-refractivity contribution in [2.75, 3.05) is 13.1 Å². The van der Waals surface area contributed by atoms with Crippen LogP contribution in [0.5, 0.6) is 0 Å². The average Bonchev–Trinajstić information content (AvgIpc) is 2.72. The van der Waals surface area contributed by atoms with E-state index in [4.69, 9.17) is 0 Å². The van der Waals surface area contributed by atoms with Crippen LogP contribution in [-0.4, -0.2) is 40.7 Å². The zero-order valence-corrected chi connectivity index (χ0v) is 16.1. The number of rotatable bonds is 3. The zero-order chi connectivity index (χ0) is 19.2. The van der Waals surface area contributed by atoms with Gasteiger partial charge in [-0.2, -0.15) is 0 Å². The van der Waals surface area contributed by atoms with Crippen LogP contribution in [0.25, 0.3) is 0 Å². The van der Waals surface area contributed by atoms with Crippen LogP contribution >= 0.6 is 15.9 Å². The Hall–Kier alpha value is -2.74. The fourth-order valence-electron chi connectivity index (χ4n) is 2.91. The fraction of sp³-hybridized carbons (Fsp3) is 0.263. The van der Waals surface area contributed by atoms with Gasteiger partial charge in [0.1, 0.15) is 0 Å². The smallest absolute Gasteiger partial charge is 0.271 e. The molecule has 8 heteroatoms. The maximum atomic E-state index is 12.5. The van der Waals surface area contributed by atoms with E-state index in [1.54, 1.807) is 35.4 Å². The quantitative estimate of drug-likeness (QED) is 0.729. The first-order valence-corrected chi connectivity index (χ1v) is 9.39. The molecule has 1 aliphatic rings. The molecule has 27 heavy (non-hydrogen) atoms. The van der Waals surface area contributed by atoms with Crippen LogP contribution in [0.3, 0.4) is 0 Å². The Morgan fingerprint density at radius 2 is 1.70 bits per heavy atom. The summed E-state index contributed by atoms with van der Waals surface area (Å²) in [6, 6.07) is 10.5. The number of carbonyl (C=O) groups excluding carboxylic acids is 3. The molecule has 1 aromatic carbocycles. The Morgan fingerprint density at radius 1 is 1.00 bits per heavy atom. The van der Waals surface area contributed by atoms with Crippen molar-refractivity contribution in [3.8, 4) is 0 Å². The van der Waals surface area contributed by atoms with Gasteiger partial charge in [-0.3, -0.25) is 30.2 Å². The molecule has 0 unspecified atom stereocenters. The van der Waals surface area contributed by atoms with Gasteiger partial charge in [-0.25, -0.2) is 0 Å². The summed E-state index contributed by atoms with van der Waals surface area (Å²) in [4.78, 5) is 42.3. The van der Waals surface area contributed by atoms with Crippen LogP contribution < -0.4 is 10.9 Å². The molecule has 2 aromatic rings. The lowest BCUT2D eigenvalue weighted by atomic mass is 9.95. The minimum absolute atomic E-state index is 0.0359. The third-order valence-electron chi connectivity index (χ3n) is 4.47. The summed E-state index contributed by atoms with van der Waals surface area (Å²) in [7, 11) is 0. The molecule has 1 aromatic heterocycles. The number of nitrogens with zero attached hydrogens (tertiary/aromatic N) is 2. The number of nitrogens with one attached hydrogen (secondary N) is 2. The van der Waals surface area contributed by atoms with E-state index in [2.05, 4.69) is 31.8 Å². The summed E-state index contributed by atoms with van der Waals surface area (Å²) in [5.74, 6) is -0.943. The highest BCUT2D eigenvalue weighted by atomic mass is 79.9. The van der Waals surface area contributed by atoms with Gasteiger partial charge in [0.15, 0.2) is 0 Å². The van der Waals surface area contributed by atoms with Crippen LogP contribution in [0, 0.1) is 5.92 Å². The summed E-state index contributed by atoms with van der Waals surface area (Å²) in [5, 5.41) is 0. The molecule has 1 aliphatic heterocycles. The highest BCUT2D eigenvalue weighted by molar-refractivity contribution is 9.10. The lowest BCUT2D eigenvalue weighted by molar-refractivity contribution is -0.127. The van der Waals surface area contributed by atoms with E-state index in [0.29, 0.717) is 37.1 Å². The number of hydrazine groups is 1. The number of likely N-dealkylation sites (tertiary alicyclic amines) is 1. The highest BCUT2D eigenvalue weighted by Gasteiger charge is 2.28.